The topological polar surface area (TPSA) is 78.9 Å². The van der Waals surface area contributed by atoms with Crippen LogP contribution >= 0.6 is 0 Å². The van der Waals surface area contributed by atoms with Crippen molar-refractivity contribution in [1.82, 2.24) is 11.1 Å². The second kappa shape index (κ2) is 2.33. The van der Waals surface area contributed by atoms with Gasteiger partial charge in [0.15, 0.2) is 0 Å². The van der Waals surface area contributed by atoms with E-state index in [1.165, 1.54) is 0 Å². The lowest BCUT2D eigenvalue weighted by Gasteiger charge is -2.08. The summed E-state index contributed by atoms with van der Waals surface area (Å²) in [7, 11) is 0. The summed E-state index contributed by atoms with van der Waals surface area (Å²) in [6.45, 7) is 0.760. The van der Waals surface area contributed by atoms with Crippen LogP contribution in [0.1, 0.15) is 6.42 Å². The fourth-order valence-corrected chi connectivity index (χ4v) is 1.01. The Hall–Kier alpha value is -0.610. The predicted molar refractivity (Wildman–Crippen MR) is 32.5 cm³/mol. The molecule has 51 valence electrons. The number of hydrogen-bond donors (Lipinski definition) is 2. The van der Waals surface area contributed by atoms with Crippen LogP contribution in [0.4, 0.5) is 0 Å². The van der Waals surface area contributed by atoms with Crippen molar-refractivity contribution < 1.29 is 4.79 Å². The van der Waals surface area contributed by atoms with E-state index in [1.54, 1.807) is 0 Å². The van der Waals surface area contributed by atoms with Gasteiger partial charge < -0.3 is 11.1 Å². The van der Waals surface area contributed by atoms with Gasteiger partial charge in [0, 0.05) is 6.04 Å². The fourth-order valence-electron chi connectivity index (χ4n) is 1.01. The molecule has 1 aliphatic rings. The highest BCUT2D eigenvalue weighted by molar-refractivity contribution is 5.80. The molecule has 0 aromatic carbocycles. The SMILES string of the molecule is [NH]C(=O)[C@H]1NCCC1N. The Morgan fingerprint density at radius 2 is 2.44 bits per heavy atom. The molecule has 1 heterocycles. The Bertz CT molecular complexity index is 125. The van der Waals surface area contributed by atoms with E-state index in [2.05, 4.69) is 5.32 Å². The maximum Gasteiger partial charge on any atom is 0.257 e. The van der Waals surface area contributed by atoms with Crippen LogP contribution in [0.5, 0.6) is 0 Å². The van der Waals surface area contributed by atoms with E-state index in [4.69, 9.17) is 11.5 Å². The number of amides is 1. The first-order valence-electron chi connectivity index (χ1n) is 2.96. The fraction of sp³-hybridized carbons (Fsp3) is 0.800. The van der Waals surface area contributed by atoms with Crippen LogP contribution < -0.4 is 16.8 Å². The Kier molecular flexibility index (Phi) is 1.68. The van der Waals surface area contributed by atoms with Gasteiger partial charge in [0.05, 0.1) is 0 Å². The van der Waals surface area contributed by atoms with Crippen molar-refractivity contribution in [3.8, 4) is 0 Å². The first kappa shape index (κ1) is 6.51. The molecule has 0 aromatic rings. The molecule has 0 saturated carbocycles. The second-order valence-electron chi connectivity index (χ2n) is 2.25. The summed E-state index contributed by atoms with van der Waals surface area (Å²) in [5, 5.41) is 2.84. The Morgan fingerprint density at radius 3 is 2.67 bits per heavy atom. The van der Waals surface area contributed by atoms with E-state index in [9.17, 15) is 4.79 Å². The molecule has 1 radical (unpaired) electrons. The molecule has 4 N–H and O–H groups in total. The molecule has 0 bridgehead atoms. The van der Waals surface area contributed by atoms with Crippen molar-refractivity contribution in [3.05, 3.63) is 0 Å². The van der Waals surface area contributed by atoms with Gasteiger partial charge in [-0.05, 0) is 13.0 Å². The third-order valence-corrected chi connectivity index (χ3v) is 1.55. The molecule has 0 aromatic heterocycles. The van der Waals surface area contributed by atoms with Crippen LogP contribution in [0, 0.1) is 0 Å². The molecule has 1 aliphatic heterocycles. The zero-order valence-corrected chi connectivity index (χ0v) is 5.05. The van der Waals surface area contributed by atoms with Gasteiger partial charge in [-0.1, -0.05) is 0 Å². The molecule has 1 unspecified atom stereocenters. The van der Waals surface area contributed by atoms with Gasteiger partial charge in [-0.25, -0.2) is 0 Å². The van der Waals surface area contributed by atoms with Crippen molar-refractivity contribution in [1.29, 1.82) is 0 Å². The van der Waals surface area contributed by atoms with Crippen LogP contribution in [0.3, 0.4) is 0 Å². The largest absolute Gasteiger partial charge is 0.326 e. The number of nitrogens with two attached hydrogens (primary N) is 1. The molecular formula is C5H10N3O. The summed E-state index contributed by atoms with van der Waals surface area (Å²) < 4.78 is 0. The van der Waals surface area contributed by atoms with Crippen LogP contribution in [0.2, 0.25) is 0 Å². The molecule has 0 aliphatic carbocycles. The maximum atomic E-state index is 10.4. The van der Waals surface area contributed by atoms with E-state index >= 15 is 0 Å². The molecule has 2 atom stereocenters. The Morgan fingerprint density at radius 1 is 1.78 bits per heavy atom. The van der Waals surface area contributed by atoms with Crippen LogP contribution in [-0.4, -0.2) is 24.5 Å². The molecule has 1 saturated heterocycles. The van der Waals surface area contributed by atoms with Gasteiger partial charge in [0.1, 0.15) is 6.04 Å². The van der Waals surface area contributed by atoms with Gasteiger partial charge >= 0.3 is 0 Å². The summed E-state index contributed by atoms with van der Waals surface area (Å²) in [6, 6.07) is -0.556. The monoisotopic (exact) mass is 128 g/mol. The van der Waals surface area contributed by atoms with Gasteiger partial charge in [-0.15, -0.1) is 0 Å². The van der Waals surface area contributed by atoms with Crippen molar-refractivity contribution in [3.63, 3.8) is 0 Å². The predicted octanol–water partition coefficient (Wildman–Crippen LogP) is -1.51. The minimum Gasteiger partial charge on any atom is -0.326 e. The Balaban J connectivity index is 2.49. The quantitative estimate of drug-likeness (QED) is 0.450. The molecule has 4 heteroatoms. The first-order valence-corrected chi connectivity index (χ1v) is 2.96. The summed E-state index contributed by atoms with van der Waals surface area (Å²) in [6.07, 6.45) is 0.801. The van der Waals surface area contributed by atoms with Crippen molar-refractivity contribution >= 4 is 5.91 Å². The number of nitrogens with one attached hydrogen (secondary N) is 2. The Labute approximate surface area is 53.6 Å². The minimum atomic E-state index is -0.597. The second-order valence-corrected chi connectivity index (χ2v) is 2.25. The average molecular weight is 128 g/mol. The molecule has 9 heavy (non-hydrogen) atoms. The van der Waals surface area contributed by atoms with Crippen molar-refractivity contribution in [2.45, 2.75) is 18.5 Å². The number of hydrogen-bond acceptors (Lipinski definition) is 3. The van der Waals surface area contributed by atoms with Gasteiger partial charge in [-0.3, -0.25) is 10.5 Å². The van der Waals surface area contributed by atoms with E-state index in [-0.39, 0.29) is 6.04 Å². The van der Waals surface area contributed by atoms with E-state index < -0.39 is 11.9 Å². The third kappa shape index (κ3) is 1.20. The highest BCUT2D eigenvalue weighted by Crippen LogP contribution is 2.02. The van der Waals surface area contributed by atoms with Crippen LogP contribution in [0.25, 0.3) is 0 Å². The molecule has 0 spiro atoms. The highest BCUT2D eigenvalue weighted by atomic mass is 16.1. The average Bonchev–Trinajstić information content (AvgIpc) is 2.13. The molecule has 1 rings (SSSR count). The first-order chi connectivity index (χ1) is 4.22. The zero-order valence-electron chi connectivity index (χ0n) is 5.05. The molecule has 1 fully saturated rings. The lowest BCUT2D eigenvalue weighted by Crippen LogP contribution is -2.43. The number of carbonyl (C=O) groups is 1. The van der Waals surface area contributed by atoms with Gasteiger partial charge in [0.2, 0.25) is 0 Å². The highest BCUT2D eigenvalue weighted by Gasteiger charge is 2.27. The number of rotatable bonds is 1. The van der Waals surface area contributed by atoms with E-state index in [1.807, 2.05) is 0 Å². The summed E-state index contributed by atoms with van der Waals surface area (Å²) in [4.78, 5) is 10.4. The summed E-state index contributed by atoms with van der Waals surface area (Å²) >= 11 is 0. The number of carbonyl (C=O) groups excluding carboxylic acids is 1. The van der Waals surface area contributed by atoms with Gasteiger partial charge in [-0.2, -0.15) is 0 Å². The van der Waals surface area contributed by atoms with Crippen molar-refractivity contribution in [2.24, 2.45) is 5.73 Å². The lowest BCUT2D eigenvalue weighted by atomic mass is 10.1. The van der Waals surface area contributed by atoms with Gasteiger partial charge in [0.25, 0.3) is 5.91 Å². The lowest BCUT2D eigenvalue weighted by molar-refractivity contribution is -0.120. The van der Waals surface area contributed by atoms with E-state index in [0.29, 0.717) is 0 Å². The van der Waals surface area contributed by atoms with Crippen molar-refractivity contribution in [2.75, 3.05) is 6.54 Å². The standard InChI is InChI=1S/C5H10N3O/c6-3-1-2-8-4(3)5(7)9/h3-4,7-8H,1-2,6H2/t3?,4-/m0/s1. The van der Waals surface area contributed by atoms with Crippen LogP contribution in [-0.2, 0) is 4.79 Å². The molecular weight excluding hydrogens is 118 g/mol. The molecule has 1 amide bonds. The summed E-state index contributed by atoms with van der Waals surface area (Å²) in [5.74, 6) is -0.597. The summed E-state index contributed by atoms with van der Waals surface area (Å²) in [5.41, 5.74) is 12.2. The molecule has 4 nitrogen and oxygen atoms in total. The zero-order chi connectivity index (χ0) is 6.85. The van der Waals surface area contributed by atoms with E-state index in [0.717, 1.165) is 13.0 Å². The maximum absolute atomic E-state index is 10.4. The third-order valence-electron chi connectivity index (χ3n) is 1.55. The smallest absolute Gasteiger partial charge is 0.257 e. The normalized spacial score (nSPS) is 34.8. The minimum absolute atomic E-state index is 0.144. The van der Waals surface area contributed by atoms with Crippen LogP contribution in [0.15, 0.2) is 0 Å².